The van der Waals surface area contributed by atoms with Crippen LogP contribution in [0.4, 0.5) is 13.2 Å². The Kier molecular flexibility index (Phi) is 6.57. The quantitative estimate of drug-likeness (QED) is 0.346. The highest BCUT2D eigenvalue weighted by Crippen LogP contribution is 2.44. The van der Waals surface area contributed by atoms with E-state index in [1.54, 1.807) is 16.5 Å². The number of hydrogen-bond acceptors (Lipinski definition) is 8. The lowest BCUT2D eigenvalue weighted by Gasteiger charge is -2.32. The van der Waals surface area contributed by atoms with Gasteiger partial charge in [0.15, 0.2) is 10.8 Å². The van der Waals surface area contributed by atoms with E-state index in [2.05, 4.69) is 4.98 Å². The molecule has 2 aromatic rings. The number of rotatable bonds is 7. The fraction of sp³-hybridized carbons (Fsp3) is 0.286. The lowest BCUT2D eigenvalue weighted by molar-refractivity contribution is -0.000761. The van der Waals surface area contributed by atoms with Crippen LogP contribution in [0.25, 0.3) is 0 Å². The van der Waals surface area contributed by atoms with Crippen molar-refractivity contribution in [2.24, 2.45) is 4.99 Å². The molecule has 7 nitrogen and oxygen atoms in total. The molecule has 33 heavy (non-hydrogen) atoms. The van der Waals surface area contributed by atoms with Crippen LogP contribution in [0.5, 0.6) is 0 Å². The average Bonchev–Trinajstić information content (AvgIpc) is 3.40. The SMILES string of the molecule is N=C(/C=C\NC(F)F)C1=C2C[C@](O)(CO)CN2C(c2nccs2)=N[C@H]1c1ccc(F)cc1Cl. The number of halogens is 4. The molecule has 174 valence electrons. The van der Waals surface area contributed by atoms with E-state index < -0.39 is 30.6 Å². The van der Waals surface area contributed by atoms with Crippen LogP contribution in [0.15, 0.2) is 58.3 Å². The molecule has 3 heterocycles. The van der Waals surface area contributed by atoms with Gasteiger partial charge in [0.25, 0.3) is 0 Å². The van der Waals surface area contributed by atoms with Gasteiger partial charge in [0, 0.05) is 46.1 Å². The monoisotopic (exact) mass is 497 g/mol. The molecule has 12 heteroatoms. The maximum absolute atomic E-state index is 13.7. The molecular weight excluding hydrogens is 479 g/mol. The highest BCUT2D eigenvalue weighted by atomic mass is 35.5. The van der Waals surface area contributed by atoms with Crippen LogP contribution in [-0.2, 0) is 0 Å². The number of allylic oxidation sites excluding steroid dienone is 1. The first-order valence-corrected chi connectivity index (χ1v) is 11.0. The minimum atomic E-state index is -2.81. The molecule has 1 saturated heterocycles. The standard InChI is InChI=1S/C21H19ClF3N5O2S/c22-13-7-11(23)1-2-12(13)17-16(14(26)3-4-28-20(24)25)15-8-21(32,10-31)9-30(15)18(29-17)19-27-5-6-33-19/h1-7,17,20,26,28,31-32H,8-10H2/b4-3-,26-14?/t17-,21+/m0/s1. The Labute approximate surface area is 196 Å². The lowest BCUT2D eigenvalue weighted by Crippen LogP contribution is -2.40. The van der Waals surface area contributed by atoms with Gasteiger partial charge in [-0.25, -0.2) is 9.37 Å². The molecule has 2 aliphatic heterocycles. The van der Waals surface area contributed by atoms with Crippen LogP contribution >= 0.6 is 22.9 Å². The molecule has 1 fully saturated rings. The van der Waals surface area contributed by atoms with Crippen molar-refractivity contribution in [2.75, 3.05) is 13.2 Å². The van der Waals surface area contributed by atoms with Crippen molar-refractivity contribution in [2.45, 2.75) is 24.6 Å². The summed E-state index contributed by atoms with van der Waals surface area (Å²) in [6.07, 6.45) is 3.67. The van der Waals surface area contributed by atoms with Crippen molar-refractivity contribution in [1.29, 1.82) is 5.41 Å². The van der Waals surface area contributed by atoms with Crippen LogP contribution in [0.1, 0.15) is 23.0 Å². The van der Waals surface area contributed by atoms with E-state index in [4.69, 9.17) is 22.0 Å². The Balaban J connectivity index is 1.90. The Morgan fingerprint density at radius 1 is 1.45 bits per heavy atom. The summed E-state index contributed by atoms with van der Waals surface area (Å²) in [6.45, 7) is -3.35. The van der Waals surface area contributed by atoms with Crippen molar-refractivity contribution in [3.63, 3.8) is 0 Å². The summed E-state index contributed by atoms with van der Waals surface area (Å²) in [6, 6.07) is 2.89. The smallest absolute Gasteiger partial charge is 0.312 e. The molecule has 0 unspecified atom stereocenters. The first kappa shape index (κ1) is 23.4. The lowest BCUT2D eigenvalue weighted by atomic mass is 9.90. The van der Waals surface area contributed by atoms with Gasteiger partial charge in [-0.15, -0.1) is 11.3 Å². The summed E-state index contributed by atoms with van der Waals surface area (Å²) < 4.78 is 38.8. The van der Waals surface area contributed by atoms with E-state index in [9.17, 15) is 23.4 Å². The molecule has 1 aromatic heterocycles. The zero-order valence-electron chi connectivity index (χ0n) is 17.0. The number of thiazole rings is 1. The fourth-order valence-electron chi connectivity index (χ4n) is 3.87. The summed E-state index contributed by atoms with van der Waals surface area (Å²) in [5.41, 5.74) is -0.499. The van der Waals surface area contributed by atoms with Crippen molar-refractivity contribution in [3.05, 3.63) is 74.7 Å². The fourth-order valence-corrected chi connectivity index (χ4v) is 4.78. The molecule has 0 radical (unpaired) electrons. The topological polar surface area (TPSA) is 105 Å². The van der Waals surface area contributed by atoms with Crippen LogP contribution in [0.2, 0.25) is 5.02 Å². The predicted molar refractivity (Wildman–Crippen MR) is 119 cm³/mol. The van der Waals surface area contributed by atoms with Gasteiger partial charge in [-0.3, -0.25) is 4.99 Å². The second-order valence-corrected chi connectivity index (χ2v) is 8.88. The van der Waals surface area contributed by atoms with Gasteiger partial charge >= 0.3 is 6.55 Å². The van der Waals surface area contributed by atoms with Crippen LogP contribution in [0.3, 0.4) is 0 Å². The van der Waals surface area contributed by atoms with E-state index in [1.807, 2.05) is 5.32 Å². The van der Waals surface area contributed by atoms with Gasteiger partial charge in [-0.05, 0) is 18.2 Å². The Hall–Kier alpha value is -2.73. The molecular formula is C21H19ClF3N5O2S. The molecule has 0 bridgehead atoms. The third-order valence-electron chi connectivity index (χ3n) is 5.30. The van der Waals surface area contributed by atoms with E-state index in [-0.39, 0.29) is 23.7 Å². The van der Waals surface area contributed by atoms with Gasteiger partial charge < -0.3 is 25.8 Å². The molecule has 2 atom stereocenters. The normalized spacial score (nSPS) is 22.8. The molecule has 1 aromatic carbocycles. The summed E-state index contributed by atoms with van der Waals surface area (Å²) in [4.78, 5) is 10.7. The molecule has 0 aliphatic carbocycles. The maximum atomic E-state index is 13.7. The molecule has 2 aliphatic rings. The minimum absolute atomic E-state index is 0.00308. The van der Waals surface area contributed by atoms with Crippen LogP contribution in [0, 0.1) is 11.2 Å². The highest BCUT2D eigenvalue weighted by Gasteiger charge is 2.46. The maximum Gasteiger partial charge on any atom is 0.312 e. The second kappa shape index (κ2) is 9.26. The third-order valence-corrected chi connectivity index (χ3v) is 6.40. The van der Waals surface area contributed by atoms with Crippen molar-refractivity contribution in [3.8, 4) is 0 Å². The first-order valence-electron chi connectivity index (χ1n) is 9.78. The Morgan fingerprint density at radius 3 is 2.88 bits per heavy atom. The van der Waals surface area contributed by atoms with Gasteiger partial charge in [-0.2, -0.15) is 8.78 Å². The summed E-state index contributed by atoms with van der Waals surface area (Å²) in [5.74, 6) is -0.146. The number of alkyl halides is 2. The van der Waals surface area contributed by atoms with Crippen molar-refractivity contribution in [1.82, 2.24) is 15.2 Å². The summed E-state index contributed by atoms with van der Waals surface area (Å²) in [5, 5.41) is 33.4. The van der Waals surface area contributed by atoms with Gasteiger partial charge in [0.1, 0.15) is 17.5 Å². The van der Waals surface area contributed by atoms with Crippen LogP contribution in [-0.4, -0.2) is 56.9 Å². The van der Waals surface area contributed by atoms with Crippen molar-refractivity contribution < 1.29 is 23.4 Å². The zero-order chi connectivity index (χ0) is 23.8. The van der Waals surface area contributed by atoms with Gasteiger partial charge in [0.05, 0.1) is 18.9 Å². The van der Waals surface area contributed by atoms with E-state index in [1.165, 1.54) is 23.5 Å². The largest absolute Gasteiger partial charge is 0.393 e. The number of benzene rings is 1. The number of fused-ring (bicyclic) bond motifs is 1. The number of aliphatic imine (C=N–C) groups is 1. The van der Waals surface area contributed by atoms with E-state index in [0.29, 0.717) is 27.7 Å². The first-order chi connectivity index (χ1) is 15.7. The third kappa shape index (κ3) is 4.67. The summed E-state index contributed by atoms with van der Waals surface area (Å²) in [7, 11) is 0. The number of nitrogens with one attached hydrogen (secondary N) is 2. The highest BCUT2D eigenvalue weighted by molar-refractivity contribution is 7.11. The number of nitrogens with zero attached hydrogens (tertiary/aromatic N) is 3. The Morgan fingerprint density at radius 2 is 2.24 bits per heavy atom. The zero-order valence-corrected chi connectivity index (χ0v) is 18.5. The number of aliphatic hydroxyl groups excluding tert-OH is 1. The van der Waals surface area contributed by atoms with Gasteiger partial charge in [-0.1, -0.05) is 17.7 Å². The van der Waals surface area contributed by atoms with E-state index in [0.717, 1.165) is 18.3 Å². The van der Waals surface area contributed by atoms with Gasteiger partial charge in [0.2, 0.25) is 0 Å². The van der Waals surface area contributed by atoms with E-state index >= 15 is 0 Å². The number of aromatic nitrogens is 1. The molecule has 4 N–H and O–H groups in total. The average molecular weight is 498 g/mol. The van der Waals surface area contributed by atoms with Crippen molar-refractivity contribution >= 4 is 34.5 Å². The second-order valence-electron chi connectivity index (χ2n) is 7.58. The number of amidine groups is 1. The minimum Gasteiger partial charge on any atom is -0.393 e. The molecule has 0 amide bonds. The predicted octanol–water partition coefficient (Wildman–Crippen LogP) is 3.47. The number of hydrogen-bond donors (Lipinski definition) is 4. The van der Waals surface area contributed by atoms with Crippen LogP contribution < -0.4 is 5.32 Å². The number of aliphatic hydroxyl groups is 2. The molecule has 0 spiro atoms. The molecule has 0 saturated carbocycles. The summed E-state index contributed by atoms with van der Waals surface area (Å²) >= 11 is 7.64. The Bertz CT molecular complexity index is 1150. The molecule has 4 rings (SSSR count).